The molecule has 0 aromatic carbocycles. The molecule has 114 valence electrons. The molecular weight excluding hydrogens is 288 g/mol. The van der Waals surface area contributed by atoms with Gasteiger partial charge in [-0.2, -0.15) is 11.3 Å². The van der Waals surface area contributed by atoms with Crippen molar-refractivity contribution in [2.24, 2.45) is 0 Å². The van der Waals surface area contributed by atoms with Crippen molar-refractivity contribution in [1.29, 1.82) is 0 Å². The second-order valence-electron chi connectivity index (χ2n) is 5.05. The van der Waals surface area contributed by atoms with Gasteiger partial charge < -0.3 is 11.1 Å². The fourth-order valence-corrected chi connectivity index (χ4v) is 2.91. The van der Waals surface area contributed by atoms with Gasteiger partial charge in [0, 0.05) is 12.6 Å². The average Bonchev–Trinajstić information content (AvgIpc) is 2.92. The zero-order valence-electron chi connectivity index (χ0n) is 12.2. The van der Waals surface area contributed by atoms with Crippen molar-refractivity contribution >= 4 is 22.8 Å². The molecule has 7 heteroatoms. The van der Waals surface area contributed by atoms with E-state index < -0.39 is 11.2 Å². The van der Waals surface area contributed by atoms with Crippen molar-refractivity contribution in [3.05, 3.63) is 43.2 Å². The van der Waals surface area contributed by atoms with E-state index in [0.717, 1.165) is 12.8 Å². The molecule has 6 nitrogen and oxygen atoms in total. The minimum Gasteiger partial charge on any atom is -0.383 e. The Hall–Kier alpha value is -2.02. The maximum atomic E-state index is 11.9. The summed E-state index contributed by atoms with van der Waals surface area (Å²) in [7, 11) is 0. The predicted octanol–water partition coefficient (Wildman–Crippen LogP) is 1.63. The molecule has 0 saturated heterocycles. The van der Waals surface area contributed by atoms with Crippen LogP contribution in [-0.4, -0.2) is 15.6 Å². The van der Waals surface area contributed by atoms with E-state index in [9.17, 15) is 9.59 Å². The van der Waals surface area contributed by atoms with E-state index in [4.69, 9.17) is 5.73 Å². The van der Waals surface area contributed by atoms with E-state index in [1.54, 1.807) is 11.3 Å². The molecule has 0 fully saturated rings. The van der Waals surface area contributed by atoms with Crippen LogP contribution in [0.4, 0.5) is 11.5 Å². The average molecular weight is 308 g/mol. The van der Waals surface area contributed by atoms with Gasteiger partial charge in [-0.15, -0.1) is 0 Å². The van der Waals surface area contributed by atoms with Crippen molar-refractivity contribution in [2.45, 2.75) is 39.3 Å². The minimum atomic E-state index is -0.470. The van der Waals surface area contributed by atoms with E-state index in [1.807, 2.05) is 19.2 Å². The number of hydrogen-bond acceptors (Lipinski definition) is 5. The molecule has 0 spiro atoms. The van der Waals surface area contributed by atoms with Crippen LogP contribution in [0.5, 0.6) is 0 Å². The number of thiophene rings is 1. The monoisotopic (exact) mass is 308 g/mol. The maximum absolute atomic E-state index is 11.9. The molecular formula is C14H20N4O2S. The number of hydrogen-bond donors (Lipinski definition) is 3. The summed E-state index contributed by atoms with van der Waals surface area (Å²) in [5.74, 6) is 0.197. The van der Waals surface area contributed by atoms with Gasteiger partial charge in [0.05, 0.1) is 0 Å². The lowest BCUT2D eigenvalue weighted by molar-refractivity contribution is 0.640. The molecule has 0 aliphatic heterocycles. The minimum absolute atomic E-state index is 0.0376. The Kier molecular flexibility index (Phi) is 4.85. The van der Waals surface area contributed by atoms with E-state index >= 15 is 0 Å². The molecule has 0 aliphatic carbocycles. The first-order chi connectivity index (χ1) is 10.0. The second-order valence-corrected chi connectivity index (χ2v) is 5.83. The van der Waals surface area contributed by atoms with Crippen LogP contribution in [0.25, 0.3) is 0 Å². The van der Waals surface area contributed by atoms with Gasteiger partial charge in [-0.05, 0) is 42.2 Å². The number of nitrogens with two attached hydrogens (primary N) is 1. The highest BCUT2D eigenvalue weighted by Gasteiger charge is 2.14. The highest BCUT2D eigenvalue weighted by molar-refractivity contribution is 7.07. The molecule has 0 amide bonds. The number of H-pyrrole nitrogens is 1. The molecule has 1 atom stereocenters. The van der Waals surface area contributed by atoms with E-state index in [-0.39, 0.29) is 17.5 Å². The summed E-state index contributed by atoms with van der Waals surface area (Å²) in [6.45, 7) is 4.41. The number of anilines is 2. The predicted molar refractivity (Wildman–Crippen MR) is 87.1 cm³/mol. The fourth-order valence-electron chi connectivity index (χ4n) is 2.23. The largest absolute Gasteiger partial charge is 0.383 e. The molecule has 2 heterocycles. The van der Waals surface area contributed by atoms with Crippen LogP contribution in [-0.2, 0) is 13.0 Å². The molecule has 0 aliphatic rings. The summed E-state index contributed by atoms with van der Waals surface area (Å²) >= 11 is 1.64. The van der Waals surface area contributed by atoms with E-state index in [0.29, 0.717) is 6.54 Å². The lowest BCUT2D eigenvalue weighted by Crippen LogP contribution is -2.35. The van der Waals surface area contributed by atoms with Crippen molar-refractivity contribution in [1.82, 2.24) is 9.55 Å². The summed E-state index contributed by atoms with van der Waals surface area (Å²) in [5, 5.41) is 7.21. The zero-order valence-corrected chi connectivity index (χ0v) is 13.0. The van der Waals surface area contributed by atoms with Crippen molar-refractivity contribution in [3.8, 4) is 0 Å². The first-order valence-corrected chi connectivity index (χ1v) is 7.87. The highest BCUT2D eigenvalue weighted by Crippen LogP contribution is 2.15. The van der Waals surface area contributed by atoms with Crippen LogP contribution in [0.2, 0.25) is 0 Å². The number of aromatic amines is 1. The smallest absolute Gasteiger partial charge is 0.330 e. The molecule has 21 heavy (non-hydrogen) atoms. The summed E-state index contributed by atoms with van der Waals surface area (Å²) in [6, 6.07) is 2.09. The third kappa shape index (κ3) is 3.55. The molecule has 2 aromatic heterocycles. The normalized spacial score (nSPS) is 12.3. The van der Waals surface area contributed by atoms with Gasteiger partial charge in [-0.1, -0.05) is 6.92 Å². The second kappa shape index (κ2) is 6.62. The van der Waals surface area contributed by atoms with Crippen molar-refractivity contribution in [2.75, 3.05) is 11.1 Å². The Bertz CT molecular complexity index is 703. The topological polar surface area (TPSA) is 92.9 Å². The van der Waals surface area contributed by atoms with Gasteiger partial charge in [0.15, 0.2) is 0 Å². The van der Waals surface area contributed by atoms with Gasteiger partial charge in [-0.3, -0.25) is 14.3 Å². The molecule has 0 saturated carbocycles. The SMILES string of the molecule is CCCn1c(N)c(NC(C)Cc2ccsc2)c(=O)[nH]c1=O. The third-order valence-electron chi connectivity index (χ3n) is 3.20. The van der Waals surface area contributed by atoms with Crippen molar-refractivity contribution in [3.63, 3.8) is 0 Å². The Morgan fingerprint density at radius 1 is 1.48 bits per heavy atom. The third-order valence-corrected chi connectivity index (χ3v) is 3.93. The summed E-state index contributed by atoms with van der Waals surface area (Å²) in [6.07, 6.45) is 1.55. The quantitative estimate of drug-likeness (QED) is 0.756. The maximum Gasteiger partial charge on any atom is 0.330 e. The van der Waals surface area contributed by atoms with Gasteiger partial charge in [0.1, 0.15) is 11.5 Å². The Morgan fingerprint density at radius 2 is 2.24 bits per heavy atom. The number of aromatic nitrogens is 2. The lowest BCUT2D eigenvalue weighted by atomic mass is 10.1. The molecule has 2 aromatic rings. The lowest BCUT2D eigenvalue weighted by Gasteiger charge is -2.17. The Labute approximate surface area is 126 Å². The standard InChI is InChI=1S/C14H20N4O2S/c1-3-5-18-12(15)11(13(19)17-14(18)20)16-9(2)7-10-4-6-21-8-10/h4,6,8-9,16H,3,5,7,15H2,1-2H3,(H,17,19,20). The van der Waals surface area contributed by atoms with Crippen LogP contribution >= 0.6 is 11.3 Å². The van der Waals surface area contributed by atoms with Crippen LogP contribution in [0, 0.1) is 0 Å². The van der Waals surface area contributed by atoms with Crippen LogP contribution in [0.3, 0.4) is 0 Å². The van der Waals surface area contributed by atoms with E-state index in [2.05, 4.69) is 21.7 Å². The summed E-state index contributed by atoms with van der Waals surface area (Å²) in [4.78, 5) is 26.0. The van der Waals surface area contributed by atoms with Crippen molar-refractivity contribution < 1.29 is 0 Å². The molecule has 4 N–H and O–H groups in total. The summed E-state index contributed by atoms with van der Waals surface area (Å²) < 4.78 is 1.39. The van der Waals surface area contributed by atoms with Gasteiger partial charge in [0.2, 0.25) is 0 Å². The molecule has 0 radical (unpaired) electrons. The van der Waals surface area contributed by atoms with Gasteiger partial charge in [0.25, 0.3) is 5.56 Å². The fraction of sp³-hybridized carbons (Fsp3) is 0.429. The first-order valence-electron chi connectivity index (χ1n) is 6.93. The van der Waals surface area contributed by atoms with E-state index in [1.165, 1.54) is 10.1 Å². The number of nitrogens with zero attached hydrogens (tertiary/aromatic N) is 1. The van der Waals surface area contributed by atoms with Gasteiger partial charge in [-0.25, -0.2) is 4.79 Å². The van der Waals surface area contributed by atoms with Crippen LogP contribution < -0.4 is 22.3 Å². The highest BCUT2D eigenvalue weighted by atomic mass is 32.1. The Morgan fingerprint density at radius 3 is 2.86 bits per heavy atom. The number of nitrogens with one attached hydrogen (secondary N) is 2. The molecule has 2 rings (SSSR count). The first kappa shape index (κ1) is 15.4. The molecule has 0 bridgehead atoms. The Balaban J connectivity index is 2.25. The van der Waals surface area contributed by atoms with Crippen LogP contribution in [0.15, 0.2) is 26.4 Å². The molecule has 1 unspecified atom stereocenters. The van der Waals surface area contributed by atoms with Gasteiger partial charge >= 0.3 is 5.69 Å². The summed E-state index contributed by atoms with van der Waals surface area (Å²) in [5.41, 5.74) is 6.52. The van der Waals surface area contributed by atoms with Crippen LogP contribution in [0.1, 0.15) is 25.8 Å². The number of nitrogen functional groups attached to an aromatic ring is 1. The number of rotatable bonds is 6. The zero-order chi connectivity index (χ0) is 15.4.